The van der Waals surface area contributed by atoms with Gasteiger partial charge in [-0.05, 0) is 18.2 Å². The fraction of sp³-hybridized carbons (Fsp3) is 0.222. The number of hydrogen-bond donors (Lipinski definition) is 1. The van der Waals surface area contributed by atoms with Crippen LogP contribution < -0.4 is 5.32 Å². The van der Waals surface area contributed by atoms with Crippen molar-refractivity contribution in [3.8, 4) is 0 Å². The van der Waals surface area contributed by atoms with Crippen molar-refractivity contribution in [1.29, 1.82) is 0 Å². The Hall–Kier alpha value is -0.960. The monoisotopic (exact) mass is 185 g/mol. The second-order valence-corrected chi connectivity index (χ2v) is 2.01. The van der Waals surface area contributed by atoms with Gasteiger partial charge in [0.25, 0.3) is 0 Å². The van der Waals surface area contributed by atoms with E-state index in [-0.39, 0.29) is 5.82 Å². The number of hydrogen-bond acceptors (Lipinski definition) is 1. The highest BCUT2D eigenvalue weighted by Gasteiger charge is 1.89. The second kappa shape index (κ2) is 6.73. The second-order valence-electron chi connectivity index (χ2n) is 1.77. The molecule has 0 bridgehead atoms. The summed E-state index contributed by atoms with van der Waals surface area (Å²) in [5, 5.41) is 2.70. The maximum atomic E-state index is 12.4. The molecule has 0 saturated heterocycles. The molecule has 1 N–H and O–H groups in total. The molecule has 0 aliphatic carbocycles. The van der Waals surface area contributed by atoms with Gasteiger partial charge >= 0.3 is 0 Å². The van der Waals surface area contributed by atoms with Gasteiger partial charge in [-0.2, -0.15) is 0 Å². The maximum absolute atomic E-state index is 12.4. The Morgan fingerprint density at radius 2 is 2.08 bits per heavy atom. The molecule has 0 aromatic heterocycles. The van der Waals surface area contributed by atoms with E-state index in [0.29, 0.717) is 5.69 Å². The third-order valence-corrected chi connectivity index (χ3v) is 1.17. The zero-order valence-electron chi connectivity index (χ0n) is 7.17. The first kappa shape index (κ1) is 11.0. The fourth-order valence-corrected chi connectivity index (χ4v) is 0.782. The Labute approximate surface area is 77.6 Å². The zero-order valence-corrected chi connectivity index (χ0v) is 7.99. The lowest BCUT2D eigenvalue weighted by molar-refractivity contribution is 0.628. The van der Waals surface area contributed by atoms with Gasteiger partial charge in [0.1, 0.15) is 5.82 Å². The minimum Gasteiger partial charge on any atom is -0.353 e. The van der Waals surface area contributed by atoms with Gasteiger partial charge in [0.05, 0.1) is 5.49 Å². The van der Waals surface area contributed by atoms with Crippen LogP contribution >= 0.6 is 12.2 Å². The summed E-state index contributed by atoms with van der Waals surface area (Å²) in [5.41, 5.74) is 2.02. The molecular formula is C9H12FNS. The molecule has 0 heterocycles. The number of anilines is 1. The lowest BCUT2D eigenvalue weighted by atomic mass is 10.3. The number of nitrogens with one attached hydrogen (secondary N) is 1. The molecule has 0 radical (unpaired) electrons. The molecule has 3 heteroatoms. The van der Waals surface area contributed by atoms with E-state index in [2.05, 4.69) is 17.5 Å². The highest BCUT2D eigenvalue weighted by molar-refractivity contribution is 7.79. The lowest BCUT2D eigenvalue weighted by Crippen LogP contribution is -1.91. The molecule has 0 spiro atoms. The Bertz CT molecular complexity index is 238. The quantitative estimate of drug-likeness (QED) is 0.710. The van der Waals surface area contributed by atoms with E-state index in [1.165, 1.54) is 17.6 Å². The van der Waals surface area contributed by atoms with E-state index >= 15 is 0 Å². The maximum Gasteiger partial charge on any atom is 0.125 e. The first-order valence-corrected chi connectivity index (χ1v) is 4.26. The van der Waals surface area contributed by atoms with Crippen LogP contribution in [0.1, 0.15) is 13.8 Å². The predicted octanol–water partition coefficient (Wildman–Crippen LogP) is 3.22. The fourth-order valence-electron chi connectivity index (χ4n) is 0.646. The third kappa shape index (κ3) is 4.03. The zero-order chi connectivity index (χ0) is 9.40. The number of thiocarbonyl (C=S) groups is 1. The molecule has 0 saturated carbocycles. The number of halogens is 1. The summed E-state index contributed by atoms with van der Waals surface area (Å²) in [6.45, 7) is 4.00. The van der Waals surface area contributed by atoms with Crippen LogP contribution in [0, 0.1) is 5.82 Å². The van der Waals surface area contributed by atoms with Gasteiger partial charge in [0.15, 0.2) is 0 Å². The van der Waals surface area contributed by atoms with Crippen LogP contribution in [0.5, 0.6) is 0 Å². The van der Waals surface area contributed by atoms with Crippen LogP contribution in [-0.4, -0.2) is 5.49 Å². The average molecular weight is 185 g/mol. The van der Waals surface area contributed by atoms with Crippen molar-refractivity contribution in [2.24, 2.45) is 0 Å². The van der Waals surface area contributed by atoms with Gasteiger partial charge in [-0.25, -0.2) is 4.39 Å². The summed E-state index contributed by atoms with van der Waals surface area (Å²) in [6, 6.07) is 6.12. The van der Waals surface area contributed by atoms with E-state index in [1.807, 2.05) is 13.8 Å². The largest absolute Gasteiger partial charge is 0.353 e. The topological polar surface area (TPSA) is 12.0 Å². The van der Waals surface area contributed by atoms with Crippen molar-refractivity contribution in [3.63, 3.8) is 0 Å². The summed E-state index contributed by atoms with van der Waals surface area (Å²) in [5.74, 6) is -0.262. The van der Waals surface area contributed by atoms with Crippen molar-refractivity contribution in [2.75, 3.05) is 5.32 Å². The normalized spacial score (nSPS) is 7.92. The van der Waals surface area contributed by atoms with Crippen molar-refractivity contribution in [2.45, 2.75) is 13.8 Å². The molecular weight excluding hydrogens is 173 g/mol. The SMILES string of the molecule is CC.Fc1cccc(NC=S)c1. The molecule has 0 atom stereocenters. The van der Waals surface area contributed by atoms with Crippen LogP contribution in [0.3, 0.4) is 0 Å². The van der Waals surface area contributed by atoms with Gasteiger partial charge in [-0.15, -0.1) is 0 Å². The van der Waals surface area contributed by atoms with Crippen LogP contribution in [0.4, 0.5) is 10.1 Å². The van der Waals surface area contributed by atoms with E-state index < -0.39 is 0 Å². The van der Waals surface area contributed by atoms with E-state index in [1.54, 1.807) is 12.1 Å². The van der Waals surface area contributed by atoms with Crippen LogP contribution in [0.2, 0.25) is 0 Å². The average Bonchev–Trinajstić information content (AvgIpc) is 2.09. The van der Waals surface area contributed by atoms with E-state index in [4.69, 9.17) is 0 Å². The Kier molecular flexibility index (Phi) is 6.19. The standard InChI is InChI=1S/C7H6FNS.C2H6/c8-6-2-1-3-7(4-6)9-5-10;1-2/h1-5H,(H,9,10);1-2H3. The Balaban J connectivity index is 0.000000561. The number of benzene rings is 1. The van der Waals surface area contributed by atoms with Crippen molar-refractivity contribution in [1.82, 2.24) is 0 Å². The Morgan fingerprint density at radius 1 is 1.42 bits per heavy atom. The number of rotatable bonds is 2. The molecule has 66 valence electrons. The highest BCUT2D eigenvalue weighted by atomic mass is 32.1. The third-order valence-electron chi connectivity index (χ3n) is 1.05. The summed E-state index contributed by atoms with van der Waals surface area (Å²) >= 11 is 4.52. The van der Waals surface area contributed by atoms with Crippen molar-refractivity contribution < 1.29 is 4.39 Å². The molecule has 1 aromatic carbocycles. The molecule has 0 fully saturated rings. The van der Waals surface area contributed by atoms with Crippen LogP contribution in [0.15, 0.2) is 24.3 Å². The molecule has 12 heavy (non-hydrogen) atoms. The molecule has 1 aromatic rings. The molecule has 1 rings (SSSR count). The smallest absolute Gasteiger partial charge is 0.125 e. The summed E-state index contributed by atoms with van der Waals surface area (Å²) < 4.78 is 12.4. The molecule has 0 aliphatic rings. The van der Waals surface area contributed by atoms with Crippen LogP contribution in [0.25, 0.3) is 0 Å². The Morgan fingerprint density at radius 3 is 2.58 bits per heavy atom. The molecule has 0 amide bonds. The van der Waals surface area contributed by atoms with E-state index in [9.17, 15) is 4.39 Å². The predicted molar refractivity (Wildman–Crippen MR) is 55.0 cm³/mol. The summed E-state index contributed by atoms with van der Waals surface area (Å²) in [4.78, 5) is 0. The molecule has 0 aliphatic heterocycles. The summed E-state index contributed by atoms with van der Waals surface area (Å²) in [6.07, 6.45) is 0. The minimum absolute atomic E-state index is 0.262. The van der Waals surface area contributed by atoms with Gasteiger partial charge in [0.2, 0.25) is 0 Å². The van der Waals surface area contributed by atoms with Gasteiger partial charge in [-0.3, -0.25) is 0 Å². The summed E-state index contributed by atoms with van der Waals surface area (Å²) in [7, 11) is 0. The lowest BCUT2D eigenvalue weighted by Gasteiger charge is -1.96. The van der Waals surface area contributed by atoms with Gasteiger partial charge < -0.3 is 5.32 Å². The van der Waals surface area contributed by atoms with Gasteiger partial charge in [-0.1, -0.05) is 32.1 Å². The first-order valence-electron chi connectivity index (χ1n) is 3.78. The molecule has 0 unspecified atom stereocenters. The highest BCUT2D eigenvalue weighted by Crippen LogP contribution is 2.07. The first-order chi connectivity index (χ1) is 5.83. The van der Waals surface area contributed by atoms with Crippen molar-refractivity contribution in [3.05, 3.63) is 30.1 Å². The van der Waals surface area contributed by atoms with Crippen molar-refractivity contribution >= 4 is 23.4 Å². The van der Waals surface area contributed by atoms with Gasteiger partial charge in [0, 0.05) is 5.69 Å². The van der Waals surface area contributed by atoms with Crippen LogP contribution in [-0.2, 0) is 0 Å². The molecule has 1 nitrogen and oxygen atoms in total. The van der Waals surface area contributed by atoms with E-state index in [0.717, 1.165) is 0 Å². The minimum atomic E-state index is -0.262.